The summed E-state index contributed by atoms with van der Waals surface area (Å²) in [6, 6.07) is 6.14. The van der Waals surface area contributed by atoms with Gasteiger partial charge in [-0.05, 0) is 13.0 Å². The minimum absolute atomic E-state index is 0.0704. The van der Waals surface area contributed by atoms with E-state index in [9.17, 15) is 24.6 Å². The molecule has 2 amide bonds. The molecule has 8 heteroatoms. The van der Waals surface area contributed by atoms with Crippen LogP contribution in [0.25, 0.3) is 0 Å². The van der Waals surface area contributed by atoms with Gasteiger partial charge in [0.2, 0.25) is 11.8 Å². The fraction of sp³-hybridized carbons (Fsp3) is 0.421. The molecule has 0 aliphatic carbocycles. The SMILES string of the molecule is C/C=C/CN1C(=O)C2C(c3ccccc3OC)NC(CO)(C(=O)O)C2C1=O. The predicted molar refractivity (Wildman–Crippen MR) is 94.8 cm³/mol. The molecule has 2 fully saturated rings. The number of rotatable bonds is 6. The number of aliphatic hydroxyl groups excluding tert-OH is 1. The normalized spacial score (nSPS) is 30.2. The van der Waals surface area contributed by atoms with Crippen LogP contribution in [0.5, 0.6) is 5.75 Å². The minimum atomic E-state index is -1.94. The molecule has 2 aliphatic heterocycles. The van der Waals surface area contributed by atoms with Gasteiger partial charge in [-0.1, -0.05) is 30.4 Å². The number of imide groups is 1. The number of aliphatic carboxylic acids is 1. The molecule has 144 valence electrons. The summed E-state index contributed by atoms with van der Waals surface area (Å²) < 4.78 is 5.35. The van der Waals surface area contributed by atoms with Crippen molar-refractivity contribution in [2.24, 2.45) is 11.8 Å². The molecule has 4 atom stereocenters. The Balaban J connectivity index is 2.14. The number of fused-ring (bicyclic) bond motifs is 1. The highest BCUT2D eigenvalue weighted by molar-refractivity contribution is 6.09. The van der Waals surface area contributed by atoms with Crippen molar-refractivity contribution in [2.75, 3.05) is 20.3 Å². The van der Waals surface area contributed by atoms with Crippen molar-refractivity contribution in [2.45, 2.75) is 18.5 Å². The molecule has 4 unspecified atom stereocenters. The number of amides is 2. The molecule has 1 aromatic rings. The highest BCUT2D eigenvalue weighted by Gasteiger charge is 2.68. The molecule has 0 aromatic heterocycles. The lowest BCUT2D eigenvalue weighted by Gasteiger charge is -2.29. The quantitative estimate of drug-likeness (QED) is 0.485. The van der Waals surface area contributed by atoms with Crippen molar-refractivity contribution in [1.29, 1.82) is 0 Å². The van der Waals surface area contributed by atoms with Gasteiger partial charge in [-0.25, -0.2) is 0 Å². The van der Waals surface area contributed by atoms with Crippen LogP contribution in [0.3, 0.4) is 0 Å². The van der Waals surface area contributed by atoms with E-state index in [1.807, 2.05) is 0 Å². The number of hydrogen-bond donors (Lipinski definition) is 3. The maximum Gasteiger partial charge on any atom is 0.327 e. The standard InChI is InChI=1S/C19H22N2O6/c1-3-4-9-21-16(23)13-14(17(21)24)19(10-22,18(25)26)20-15(13)11-7-5-6-8-12(11)27-2/h3-8,13-15,20,22H,9-10H2,1-2H3,(H,25,26)/b4-3+. The first-order chi connectivity index (χ1) is 12.9. The smallest absolute Gasteiger partial charge is 0.327 e. The van der Waals surface area contributed by atoms with Crippen LogP contribution in [0, 0.1) is 11.8 Å². The van der Waals surface area contributed by atoms with Crippen molar-refractivity contribution in [3.05, 3.63) is 42.0 Å². The fourth-order valence-corrected chi connectivity index (χ4v) is 4.05. The highest BCUT2D eigenvalue weighted by atomic mass is 16.5. The predicted octanol–water partition coefficient (Wildman–Crippen LogP) is 0.332. The second-order valence-corrected chi connectivity index (χ2v) is 6.66. The van der Waals surface area contributed by atoms with Crippen molar-refractivity contribution in [3.63, 3.8) is 0 Å². The number of para-hydroxylation sites is 1. The van der Waals surface area contributed by atoms with Gasteiger partial charge in [0.25, 0.3) is 0 Å². The Labute approximate surface area is 156 Å². The summed E-state index contributed by atoms with van der Waals surface area (Å²) in [5, 5.41) is 22.6. The minimum Gasteiger partial charge on any atom is -0.496 e. The number of methoxy groups -OCH3 is 1. The van der Waals surface area contributed by atoms with Gasteiger partial charge in [0.15, 0.2) is 5.54 Å². The van der Waals surface area contributed by atoms with Crippen LogP contribution < -0.4 is 10.1 Å². The first kappa shape index (κ1) is 19.1. The van der Waals surface area contributed by atoms with Gasteiger partial charge in [0.1, 0.15) is 5.75 Å². The maximum absolute atomic E-state index is 13.0. The zero-order valence-corrected chi connectivity index (χ0v) is 15.1. The van der Waals surface area contributed by atoms with Crippen molar-refractivity contribution in [1.82, 2.24) is 10.2 Å². The second-order valence-electron chi connectivity index (χ2n) is 6.66. The van der Waals surface area contributed by atoms with Crippen molar-refractivity contribution < 1.29 is 29.3 Å². The third kappa shape index (κ3) is 2.72. The fourth-order valence-electron chi connectivity index (χ4n) is 4.05. The van der Waals surface area contributed by atoms with E-state index < -0.39 is 47.8 Å². The molecule has 3 rings (SSSR count). The molecule has 1 aromatic carbocycles. The van der Waals surface area contributed by atoms with Gasteiger partial charge in [-0.15, -0.1) is 0 Å². The summed E-state index contributed by atoms with van der Waals surface area (Å²) in [7, 11) is 1.47. The van der Waals surface area contributed by atoms with Crippen LogP contribution in [-0.4, -0.2) is 58.7 Å². The van der Waals surface area contributed by atoms with E-state index in [-0.39, 0.29) is 6.54 Å². The number of carboxylic acids is 1. The lowest BCUT2D eigenvalue weighted by Crippen LogP contribution is -2.58. The van der Waals surface area contributed by atoms with E-state index in [1.54, 1.807) is 43.3 Å². The van der Waals surface area contributed by atoms with E-state index in [1.165, 1.54) is 7.11 Å². The van der Waals surface area contributed by atoms with E-state index in [0.29, 0.717) is 11.3 Å². The van der Waals surface area contributed by atoms with Crippen LogP contribution in [-0.2, 0) is 14.4 Å². The van der Waals surface area contributed by atoms with E-state index in [2.05, 4.69) is 5.32 Å². The van der Waals surface area contributed by atoms with Crippen LogP contribution in [0.4, 0.5) is 0 Å². The molecule has 2 aliphatic rings. The van der Waals surface area contributed by atoms with Crippen molar-refractivity contribution >= 4 is 17.8 Å². The maximum atomic E-state index is 13.0. The number of likely N-dealkylation sites (tertiary alicyclic amines) is 1. The van der Waals surface area contributed by atoms with Gasteiger partial charge >= 0.3 is 5.97 Å². The molecule has 2 heterocycles. The van der Waals surface area contributed by atoms with Crippen LogP contribution >= 0.6 is 0 Å². The Morgan fingerprint density at radius 2 is 2.04 bits per heavy atom. The molecule has 8 nitrogen and oxygen atoms in total. The van der Waals surface area contributed by atoms with E-state index >= 15 is 0 Å². The Kier molecular flexibility index (Phi) is 5.03. The van der Waals surface area contributed by atoms with E-state index in [0.717, 1.165) is 4.90 Å². The molecule has 0 bridgehead atoms. The first-order valence-corrected chi connectivity index (χ1v) is 8.64. The summed E-state index contributed by atoms with van der Waals surface area (Å²) in [5.74, 6) is -4.09. The van der Waals surface area contributed by atoms with Gasteiger partial charge in [0.05, 0.1) is 25.6 Å². The summed E-state index contributed by atoms with van der Waals surface area (Å²) in [4.78, 5) is 39.1. The van der Waals surface area contributed by atoms with Gasteiger partial charge in [-0.3, -0.25) is 24.6 Å². The zero-order valence-electron chi connectivity index (χ0n) is 15.1. The third-order valence-electron chi connectivity index (χ3n) is 5.37. The monoisotopic (exact) mass is 374 g/mol. The van der Waals surface area contributed by atoms with Crippen LogP contribution in [0.2, 0.25) is 0 Å². The Hall–Kier alpha value is -2.71. The van der Waals surface area contributed by atoms with Crippen LogP contribution in [0.1, 0.15) is 18.5 Å². The number of aliphatic hydroxyl groups is 1. The van der Waals surface area contributed by atoms with Crippen molar-refractivity contribution in [3.8, 4) is 5.75 Å². The number of nitrogens with zero attached hydrogens (tertiary/aromatic N) is 1. The number of nitrogens with one attached hydrogen (secondary N) is 1. The third-order valence-corrected chi connectivity index (χ3v) is 5.37. The summed E-state index contributed by atoms with van der Waals surface area (Å²) in [6.45, 7) is 1.02. The van der Waals surface area contributed by atoms with Gasteiger partial charge in [-0.2, -0.15) is 0 Å². The summed E-state index contributed by atoms with van der Waals surface area (Å²) in [6.07, 6.45) is 3.37. The number of hydrogen-bond acceptors (Lipinski definition) is 6. The Morgan fingerprint density at radius 3 is 2.63 bits per heavy atom. The largest absolute Gasteiger partial charge is 0.496 e. The van der Waals surface area contributed by atoms with Gasteiger partial charge < -0.3 is 14.9 Å². The lowest BCUT2D eigenvalue weighted by molar-refractivity contribution is -0.153. The summed E-state index contributed by atoms with van der Waals surface area (Å²) >= 11 is 0. The molecular weight excluding hydrogens is 352 g/mol. The highest BCUT2D eigenvalue weighted by Crippen LogP contribution is 2.50. The number of benzene rings is 1. The number of carboxylic acid groups (broad SMARTS) is 1. The molecule has 27 heavy (non-hydrogen) atoms. The molecule has 0 spiro atoms. The Morgan fingerprint density at radius 1 is 1.33 bits per heavy atom. The lowest BCUT2D eigenvalue weighted by atomic mass is 9.79. The number of carbonyl (C=O) groups excluding carboxylic acids is 2. The first-order valence-electron chi connectivity index (χ1n) is 8.64. The summed E-state index contributed by atoms with van der Waals surface area (Å²) in [5.41, 5.74) is -1.37. The Bertz CT molecular complexity index is 807. The molecule has 3 N–H and O–H groups in total. The number of carbonyl (C=O) groups is 3. The van der Waals surface area contributed by atoms with E-state index in [4.69, 9.17) is 4.74 Å². The second kappa shape index (κ2) is 7.13. The number of ether oxygens (including phenoxy) is 1. The number of allylic oxidation sites excluding steroid dienone is 1. The molecule has 0 radical (unpaired) electrons. The average molecular weight is 374 g/mol. The molecule has 0 saturated carbocycles. The zero-order chi connectivity index (χ0) is 19.8. The molecule has 2 saturated heterocycles. The molecular formula is C19H22N2O6. The van der Waals surface area contributed by atoms with Gasteiger partial charge in [0, 0.05) is 18.2 Å². The average Bonchev–Trinajstić information content (AvgIpc) is 3.15. The van der Waals surface area contributed by atoms with Crippen LogP contribution in [0.15, 0.2) is 36.4 Å². The topological polar surface area (TPSA) is 116 Å².